The highest BCUT2D eigenvalue weighted by Gasteiger charge is 2.37. The van der Waals surface area contributed by atoms with E-state index in [9.17, 15) is 4.79 Å². The van der Waals surface area contributed by atoms with Crippen LogP contribution in [0.5, 0.6) is 0 Å². The number of carboxylic acid groups (broad SMARTS) is 1. The van der Waals surface area contributed by atoms with Gasteiger partial charge in [-0.15, -0.1) is 0 Å². The van der Waals surface area contributed by atoms with E-state index in [0.717, 1.165) is 50.9 Å². The summed E-state index contributed by atoms with van der Waals surface area (Å²) >= 11 is 0. The zero-order valence-corrected chi connectivity index (χ0v) is 8.70. The quantitative estimate of drug-likeness (QED) is 0.672. The highest BCUT2D eigenvalue weighted by atomic mass is 16.7. The second-order valence-electron chi connectivity index (χ2n) is 4.10. The number of carboxylic acids is 1. The zero-order chi connectivity index (χ0) is 10.7. The molecule has 1 N–H and O–H groups in total. The van der Waals surface area contributed by atoms with Crippen molar-refractivity contribution in [2.24, 2.45) is 0 Å². The van der Waals surface area contributed by atoms with Crippen molar-refractivity contribution >= 4 is 5.97 Å². The van der Waals surface area contributed by atoms with Gasteiger partial charge in [0.15, 0.2) is 5.79 Å². The van der Waals surface area contributed by atoms with Gasteiger partial charge in [0, 0.05) is 18.9 Å². The van der Waals surface area contributed by atoms with Crippen molar-refractivity contribution in [2.45, 2.75) is 37.9 Å². The van der Waals surface area contributed by atoms with Crippen LogP contribution >= 0.6 is 0 Å². The molecular weight excluding hydrogens is 196 g/mol. The molecule has 0 aromatic rings. The minimum absolute atomic E-state index is 0.409. The van der Waals surface area contributed by atoms with Gasteiger partial charge < -0.3 is 14.6 Å². The molecule has 0 aromatic heterocycles. The van der Waals surface area contributed by atoms with E-state index in [-0.39, 0.29) is 0 Å². The van der Waals surface area contributed by atoms with Crippen LogP contribution in [-0.4, -0.2) is 30.1 Å². The lowest BCUT2D eigenvalue weighted by Crippen LogP contribution is -2.42. The molecule has 4 nitrogen and oxygen atoms in total. The molecule has 2 fully saturated rings. The van der Waals surface area contributed by atoms with Crippen molar-refractivity contribution in [3.8, 4) is 0 Å². The third-order valence-corrected chi connectivity index (χ3v) is 3.00. The predicted molar refractivity (Wildman–Crippen MR) is 53.4 cm³/mol. The van der Waals surface area contributed by atoms with Crippen LogP contribution in [0.4, 0.5) is 0 Å². The van der Waals surface area contributed by atoms with E-state index in [4.69, 9.17) is 14.6 Å². The molecule has 2 aliphatic rings. The molecule has 0 radical (unpaired) electrons. The number of aliphatic carboxylic acids is 1. The van der Waals surface area contributed by atoms with E-state index in [1.54, 1.807) is 0 Å². The van der Waals surface area contributed by atoms with Gasteiger partial charge in [0.25, 0.3) is 0 Å². The number of carbonyl (C=O) groups is 1. The Bertz CT molecular complexity index is 264. The minimum Gasteiger partial charge on any atom is -0.478 e. The van der Waals surface area contributed by atoms with Crippen LogP contribution in [-0.2, 0) is 14.3 Å². The Hall–Kier alpha value is -0.870. The molecule has 1 saturated heterocycles. The number of hydrogen-bond acceptors (Lipinski definition) is 3. The number of hydrogen-bond donors (Lipinski definition) is 1. The van der Waals surface area contributed by atoms with E-state index in [1.807, 2.05) is 0 Å². The lowest BCUT2D eigenvalue weighted by molar-refractivity contribution is -0.276. The lowest BCUT2D eigenvalue weighted by Gasteiger charge is -2.40. The van der Waals surface area contributed by atoms with Crippen LogP contribution in [0.2, 0.25) is 0 Å². The van der Waals surface area contributed by atoms with E-state index in [1.165, 1.54) is 6.08 Å². The Kier molecular flexibility index (Phi) is 3.07. The summed E-state index contributed by atoms with van der Waals surface area (Å²) in [6.07, 6.45) is 5.38. The molecule has 1 aliphatic carbocycles. The van der Waals surface area contributed by atoms with Crippen molar-refractivity contribution in [3.05, 3.63) is 11.6 Å². The summed E-state index contributed by atoms with van der Waals surface area (Å²) in [5, 5.41) is 8.63. The largest absolute Gasteiger partial charge is 0.478 e. The maximum atomic E-state index is 10.5. The van der Waals surface area contributed by atoms with Gasteiger partial charge in [-0.3, -0.25) is 0 Å². The van der Waals surface area contributed by atoms with Gasteiger partial charge in [-0.25, -0.2) is 4.79 Å². The topological polar surface area (TPSA) is 55.8 Å². The van der Waals surface area contributed by atoms with Crippen LogP contribution in [0, 0.1) is 0 Å². The third kappa shape index (κ3) is 2.58. The molecule has 0 unspecified atom stereocenters. The normalized spacial score (nSPS) is 25.2. The maximum Gasteiger partial charge on any atom is 0.328 e. The molecule has 1 aliphatic heterocycles. The molecule has 4 heteroatoms. The summed E-state index contributed by atoms with van der Waals surface area (Å²) in [4.78, 5) is 10.5. The first-order valence-corrected chi connectivity index (χ1v) is 5.40. The third-order valence-electron chi connectivity index (χ3n) is 3.00. The van der Waals surface area contributed by atoms with Crippen molar-refractivity contribution in [3.63, 3.8) is 0 Å². The van der Waals surface area contributed by atoms with Crippen molar-refractivity contribution in [1.29, 1.82) is 0 Å². The first kappa shape index (κ1) is 10.6. The smallest absolute Gasteiger partial charge is 0.328 e. The Balaban J connectivity index is 1.93. The monoisotopic (exact) mass is 212 g/mol. The first-order chi connectivity index (χ1) is 7.20. The standard InChI is InChI=1S/C11H16O4/c12-10(13)8-9-2-4-11(5-3-9)14-6-1-7-15-11/h8H,1-7H2,(H,12,13). The van der Waals surface area contributed by atoms with Gasteiger partial charge in [0.05, 0.1) is 13.2 Å². The summed E-state index contributed by atoms with van der Waals surface area (Å²) < 4.78 is 11.3. The molecule has 0 bridgehead atoms. The molecule has 84 valence electrons. The van der Waals surface area contributed by atoms with Gasteiger partial charge in [0.2, 0.25) is 0 Å². The first-order valence-electron chi connectivity index (χ1n) is 5.40. The van der Waals surface area contributed by atoms with E-state index in [2.05, 4.69) is 0 Å². The Morgan fingerprint density at radius 3 is 2.40 bits per heavy atom. The van der Waals surface area contributed by atoms with E-state index < -0.39 is 11.8 Å². The minimum atomic E-state index is -0.855. The average Bonchev–Trinajstić information content (AvgIpc) is 2.23. The predicted octanol–water partition coefficient (Wildman–Crippen LogP) is 1.70. The van der Waals surface area contributed by atoms with Crippen molar-refractivity contribution in [2.75, 3.05) is 13.2 Å². The number of allylic oxidation sites excluding steroid dienone is 1. The molecule has 1 spiro atoms. The number of rotatable bonds is 1. The molecule has 1 heterocycles. The molecule has 2 rings (SSSR count). The second-order valence-corrected chi connectivity index (χ2v) is 4.10. The lowest BCUT2D eigenvalue weighted by atomic mass is 9.89. The zero-order valence-electron chi connectivity index (χ0n) is 8.70. The molecular formula is C11H16O4. The van der Waals surface area contributed by atoms with Gasteiger partial charge in [-0.05, 0) is 19.3 Å². The average molecular weight is 212 g/mol. The molecule has 0 aromatic carbocycles. The second kappa shape index (κ2) is 4.33. The highest BCUT2D eigenvalue weighted by molar-refractivity contribution is 5.80. The molecule has 15 heavy (non-hydrogen) atoms. The fourth-order valence-corrected chi connectivity index (χ4v) is 2.18. The molecule has 0 atom stereocenters. The van der Waals surface area contributed by atoms with E-state index in [0.29, 0.717) is 0 Å². The summed E-state index contributed by atoms with van der Waals surface area (Å²) in [6.45, 7) is 1.52. The van der Waals surface area contributed by atoms with Crippen molar-refractivity contribution in [1.82, 2.24) is 0 Å². The Morgan fingerprint density at radius 2 is 1.87 bits per heavy atom. The fraction of sp³-hybridized carbons (Fsp3) is 0.727. The van der Waals surface area contributed by atoms with Crippen LogP contribution in [0.3, 0.4) is 0 Å². The van der Waals surface area contributed by atoms with Gasteiger partial charge in [-0.1, -0.05) is 5.57 Å². The van der Waals surface area contributed by atoms with Crippen LogP contribution < -0.4 is 0 Å². The van der Waals surface area contributed by atoms with Crippen LogP contribution in [0.15, 0.2) is 11.6 Å². The summed E-state index contributed by atoms with van der Waals surface area (Å²) in [6, 6.07) is 0. The van der Waals surface area contributed by atoms with Crippen molar-refractivity contribution < 1.29 is 19.4 Å². The van der Waals surface area contributed by atoms with E-state index >= 15 is 0 Å². The fourth-order valence-electron chi connectivity index (χ4n) is 2.18. The van der Waals surface area contributed by atoms with Gasteiger partial charge in [-0.2, -0.15) is 0 Å². The Morgan fingerprint density at radius 1 is 1.27 bits per heavy atom. The Labute approximate surface area is 88.9 Å². The molecule has 1 saturated carbocycles. The summed E-state index contributed by atoms with van der Waals surface area (Å²) in [7, 11) is 0. The van der Waals surface area contributed by atoms with Gasteiger partial charge in [0.1, 0.15) is 0 Å². The number of ether oxygens (including phenoxy) is 2. The molecule has 0 amide bonds. The summed E-state index contributed by atoms with van der Waals surface area (Å²) in [5.41, 5.74) is 0.992. The SMILES string of the molecule is O=C(O)C=C1CCC2(CC1)OCCCO2. The highest BCUT2D eigenvalue weighted by Crippen LogP contribution is 2.37. The summed E-state index contributed by atoms with van der Waals surface area (Å²) in [5.74, 6) is -1.26. The van der Waals surface area contributed by atoms with Gasteiger partial charge >= 0.3 is 5.97 Å². The van der Waals surface area contributed by atoms with Crippen LogP contribution in [0.25, 0.3) is 0 Å². The van der Waals surface area contributed by atoms with Crippen LogP contribution in [0.1, 0.15) is 32.1 Å². The maximum absolute atomic E-state index is 10.5.